The van der Waals surface area contributed by atoms with Crippen molar-refractivity contribution < 1.29 is 0 Å². The van der Waals surface area contributed by atoms with Gasteiger partial charge in [-0.25, -0.2) is 15.0 Å². The topological polar surface area (TPSA) is 78.0 Å². The summed E-state index contributed by atoms with van der Waals surface area (Å²) in [6.45, 7) is 2.04. The van der Waals surface area contributed by atoms with E-state index in [1.807, 2.05) is 85.8 Å². The molecule has 0 aliphatic rings. The molecule has 6 rings (SSSR count). The van der Waals surface area contributed by atoms with Gasteiger partial charge in [0.25, 0.3) is 5.56 Å². The summed E-state index contributed by atoms with van der Waals surface area (Å²) in [6, 6.07) is 25.0. The van der Waals surface area contributed by atoms with E-state index in [2.05, 4.69) is 10.1 Å². The largest absolute Gasteiger partial charge is 0.269 e. The molecule has 33 heavy (non-hydrogen) atoms. The highest BCUT2D eigenvalue weighted by molar-refractivity contribution is 6.05. The molecule has 158 valence electrons. The van der Waals surface area contributed by atoms with E-state index >= 15 is 0 Å². The molecule has 0 saturated heterocycles. The second kappa shape index (κ2) is 7.49. The van der Waals surface area contributed by atoms with E-state index in [4.69, 9.17) is 9.97 Å². The maximum Gasteiger partial charge on any atom is 0.269 e. The van der Waals surface area contributed by atoms with E-state index in [1.54, 1.807) is 10.9 Å². The Bertz CT molecular complexity index is 1730. The molecule has 0 saturated carbocycles. The number of aromatic nitrogens is 5. The average Bonchev–Trinajstić information content (AvgIpc) is 3.16. The first kappa shape index (κ1) is 19.1. The quantitative estimate of drug-likeness (QED) is 0.388. The second-order valence-electron chi connectivity index (χ2n) is 7.81. The molecule has 7 heteroatoms. The van der Waals surface area contributed by atoms with Crippen molar-refractivity contribution in [1.29, 1.82) is 0 Å². The number of hydrogen-bond acceptors (Lipinski definition) is 5. The molecule has 0 aliphatic carbocycles. The van der Waals surface area contributed by atoms with E-state index in [0.717, 1.165) is 16.8 Å². The Balaban J connectivity index is 1.67. The van der Waals surface area contributed by atoms with Gasteiger partial charge in [-0.2, -0.15) is 9.78 Å². The van der Waals surface area contributed by atoms with Crippen molar-refractivity contribution in [3.05, 3.63) is 107 Å². The number of fused-ring (bicyclic) bond motifs is 4. The predicted octanol–water partition coefficient (Wildman–Crippen LogP) is 4.47. The molecule has 0 amide bonds. The van der Waals surface area contributed by atoms with Crippen LogP contribution in [0.1, 0.15) is 11.1 Å². The normalized spacial score (nSPS) is 11.8. The maximum atomic E-state index is 13.6. The third-order valence-corrected chi connectivity index (χ3v) is 5.58. The van der Waals surface area contributed by atoms with Crippen molar-refractivity contribution in [3.63, 3.8) is 0 Å². The summed E-state index contributed by atoms with van der Waals surface area (Å²) < 4.78 is 3.12. The molecule has 3 aromatic carbocycles. The van der Waals surface area contributed by atoms with Crippen LogP contribution in [0.2, 0.25) is 0 Å². The molecule has 0 radical (unpaired) electrons. The third-order valence-electron chi connectivity index (χ3n) is 5.58. The number of benzene rings is 3. The van der Waals surface area contributed by atoms with Gasteiger partial charge >= 0.3 is 0 Å². The van der Waals surface area contributed by atoms with Gasteiger partial charge in [-0.05, 0) is 36.8 Å². The van der Waals surface area contributed by atoms with Gasteiger partial charge < -0.3 is 0 Å². The van der Waals surface area contributed by atoms with Crippen LogP contribution in [0.15, 0.2) is 95.1 Å². The lowest BCUT2D eigenvalue weighted by Crippen LogP contribution is -2.18. The van der Waals surface area contributed by atoms with Gasteiger partial charge in [-0.1, -0.05) is 60.2 Å². The van der Waals surface area contributed by atoms with Gasteiger partial charge in [-0.3, -0.25) is 9.36 Å². The number of aryl methyl sites for hydroxylation is 1. The zero-order chi connectivity index (χ0) is 22.4. The van der Waals surface area contributed by atoms with E-state index in [-0.39, 0.29) is 5.56 Å². The lowest BCUT2D eigenvalue weighted by Gasteiger charge is -2.04. The Kier molecular flexibility index (Phi) is 4.33. The summed E-state index contributed by atoms with van der Waals surface area (Å²) in [6.07, 6.45) is 3.26. The summed E-state index contributed by atoms with van der Waals surface area (Å²) in [5.74, 6) is 0. The van der Waals surface area contributed by atoms with Crippen LogP contribution in [0.5, 0.6) is 0 Å². The molecule has 3 aromatic heterocycles. The van der Waals surface area contributed by atoms with Gasteiger partial charge in [0, 0.05) is 0 Å². The number of nitrogens with zero attached hydrogens (tertiary/aromatic N) is 6. The Hall–Kier alpha value is -4.65. The zero-order valence-corrected chi connectivity index (χ0v) is 17.8. The minimum atomic E-state index is -0.218. The molecule has 7 nitrogen and oxygen atoms in total. The van der Waals surface area contributed by atoms with Crippen LogP contribution >= 0.6 is 0 Å². The maximum absolute atomic E-state index is 13.6. The lowest BCUT2D eigenvalue weighted by molar-refractivity contribution is 0.906. The third kappa shape index (κ3) is 3.18. The van der Waals surface area contributed by atoms with Gasteiger partial charge in [-0.15, -0.1) is 0 Å². The van der Waals surface area contributed by atoms with Crippen molar-refractivity contribution in [3.8, 4) is 5.69 Å². The SMILES string of the molecule is Cc1ccc(/C=N/n2c3nc4ccccc4nc3c3c(=O)n(-c4ccccc4)cnc32)cc1. The predicted molar refractivity (Wildman–Crippen MR) is 130 cm³/mol. The molecule has 0 N–H and O–H groups in total. The van der Waals surface area contributed by atoms with Crippen LogP contribution in [0.3, 0.4) is 0 Å². The number of rotatable bonds is 3. The van der Waals surface area contributed by atoms with E-state index in [9.17, 15) is 4.79 Å². The van der Waals surface area contributed by atoms with Crippen LogP contribution in [-0.4, -0.2) is 30.4 Å². The summed E-state index contributed by atoms with van der Waals surface area (Å²) in [4.78, 5) is 27.8. The van der Waals surface area contributed by atoms with E-state index < -0.39 is 0 Å². The van der Waals surface area contributed by atoms with Crippen LogP contribution < -0.4 is 5.56 Å². The van der Waals surface area contributed by atoms with Crippen molar-refractivity contribution in [2.45, 2.75) is 6.92 Å². The smallest absolute Gasteiger partial charge is 0.268 e. The summed E-state index contributed by atoms with van der Waals surface area (Å²) in [5, 5.41) is 5.04. The van der Waals surface area contributed by atoms with Crippen molar-refractivity contribution in [1.82, 2.24) is 24.2 Å². The highest BCUT2D eigenvalue weighted by Crippen LogP contribution is 2.25. The van der Waals surface area contributed by atoms with Gasteiger partial charge in [0.15, 0.2) is 11.3 Å². The minimum Gasteiger partial charge on any atom is -0.268 e. The summed E-state index contributed by atoms with van der Waals surface area (Å²) in [5.41, 5.74) is 5.44. The average molecular weight is 430 g/mol. The Morgan fingerprint density at radius 1 is 0.818 bits per heavy atom. The van der Waals surface area contributed by atoms with Gasteiger partial charge in [0.1, 0.15) is 17.2 Å². The van der Waals surface area contributed by atoms with E-state index in [1.165, 1.54) is 16.5 Å². The molecular formula is C26H18N6O. The Labute approximate surface area is 188 Å². The molecule has 0 unspecified atom stereocenters. The van der Waals surface area contributed by atoms with Gasteiger partial charge in [0.2, 0.25) is 0 Å². The molecule has 3 heterocycles. The fourth-order valence-electron chi connectivity index (χ4n) is 3.88. The first-order chi connectivity index (χ1) is 16.2. The number of hydrogen-bond donors (Lipinski definition) is 0. The minimum absolute atomic E-state index is 0.218. The molecule has 0 aliphatic heterocycles. The Morgan fingerprint density at radius 3 is 2.27 bits per heavy atom. The molecule has 0 bridgehead atoms. The number of para-hydroxylation sites is 3. The van der Waals surface area contributed by atoms with Crippen molar-refractivity contribution >= 4 is 39.4 Å². The first-order valence-corrected chi connectivity index (χ1v) is 10.5. The Morgan fingerprint density at radius 2 is 1.52 bits per heavy atom. The van der Waals surface area contributed by atoms with Gasteiger partial charge in [0.05, 0.1) is 22.9 Å². The highest BCUT2D eigenvalue weighted by atomic mass is 16.1. The first-order valence-electron chi connectivity index (χ1n) is 10.5. The monoisotopic (exact) mass is 430 g/mol. The van der Waals surface area contributed by atoms with Crippen LogP contribution in [0.25, 0.3) is 38.9 Å². The fourth-order valence-corrected chi connectivity index (χ4v) is 3.88. The fraction of sp³-hybridized carbons (Fsp3) is 0.0385. The summed E-state index contributed by atoms with van der Waals surface area (Å²) >= 11 is 0. The van der Waals surface area contributed by atoms with Crippen LogP contribution in [0.4, 0.5) is 0 Å². The second-order valence-corrected chi connectivity index (χ2v) is 7.81. The zero-order valence-electron chi connectivity index (χ0n) is 17.8. The molecular weight excluding hydrogens is 412 g/mol. The van der Waals surface area contributed by atoms with Crippen molar-refractivity contribution in [2.24, 2.45) is 5.10 Å². The molecule has 0 spiro atoms. The molecule has 0 atom stereocenters. The van der Waals surface area contributed by atoms with Crippen LogP contribution in [-0.2, 0) is 0 Å². The standard InChI is InChI=1S/C26H18N6O/c1-17-11-13-18(14-12-17)15-28-32-24-22(23-25(32)30-21-10-6-5-9-20(21)29-23)26(33)31(16-27-24)19-7-3-2-4-8-19/h2-16H,1H3/b28-15+. The van der Waals surface area contributed by atoms with Crippen molar-refractivity contribution in [2.75, 3.05) is 0 Å². The van der Waals surface area contributed by atoms with Crippen LogP contribution in [0, 0.1) is 6.92 Å². The highest BCUT2D eigenvalue weighted by Gasteiger charge is 2.20. The summed E-state index contributed by atoms with van der Waals surface area (Å²) in [7, 11) is 0. The molecule has 0 fully saturated rings. The van der Waals surface area contributed by atoms with E-state index in [0.29, 0.717) is 27.7 Å². The lowest BCUT2D eigenvalue weighted by atomic mass is 10.2. The molecule has 6 aromatic rings.